The van der Waals surface area contributed by atoms with Gasteiger partial charge in [-0.2, -0.15) is 0 Å². The fourth-order valence-corrected chi connectivity index (χ4v) is 36.6. The van der Waals surface area contributed by atoms with Crippen molar-refractivity contribution in [3.63, 3.8) is 0 Å². The minimum absolute atomic E-state index is 0.450. The molecule has 57 heavy (non-hydrogen) atoms. The van der Waals surface area contributed by atoms with E-state index in [0.717, 1.165) is 35.5 Å². The number of hydrogen-bond acceptors (Lipinski definition) is 6. The maximum Gasteiger partial charge on any atom is 0.173 e. The quantitative estimate of drug-likeness (QED) is 0.0578. The van der Waals surface area contributed by atoms with E-state index in [1.54, 1.807) is 0 Å². The third-order valence-corrected chi connectivity index (χ3v) is 37.2. The van der Waals surface area contributed by atoms with E-state index < -0.39 is 51.4 Å². The van der Waals surface area contributed by atoms with Gasteiger partial charge in [-0.3, -0.25) is 0 Å². The van der Waals surface area contributed by atoms with Crippen molar-refractivity contribution in [2.45, 2.75) is 248 Å². The molecule has 0 aromatic heterocycles. The minimum Gasteiger partial charge on any atom is -0.460 e. The number of ether oxygens (including phenoxy) is 3. The van der Waals surface area contributed by atoms with Crippen molar-refractivity contribution in [1.82, 2.24) is 0 Å². The summed E-state index contributed by atoms with van der Waals surface area (Å²) >= 11 is 0. The van der Waals surface area contributed by atoms with Crippen LogP contribution in [0.4, 0.5) is 0 Å². The molecule has 7 aliphatic rings. The summed E-state index contributed by atoms with van der Waals surface area (Å²) in [6, 6.07) is 8.09. The molecule has 7 fully saturated rings. The van der Waals surface area contributed by atoms with Gasteiger partial charge in [0.1, 0.15) is 9.76 Å². The number of rotatable bonds is 23. The van der Waals surface area contributed by atoms with E-state index in [0.29, 0.717) is 36.6 Å². The highest BCUT2D eigenvalue weighted by atomic mass is 28.4. The Bertz CT molecular complexity index is 1300. The normalized spacial score (nSPS) is 37.2. The molecule has 0 amide bonds. The molecule has 3 aliphatic heterocycles. The molecule has 0 radical (unpaired) electrons. The van der Waals surface area contributed by atoms with Crippen molar-refractivity contribution in [2.75, 3.05) is 0 Å². The lowest BCUT2D eigenvalue weighted by Gasteiger charge is -2.42. The Kier molecular flexibility index (Phi) is 15.4. The van der Waals surface area contributed by atoms with Crippen molar-refractivity contribution in [3.05, 3.63) is 0 Å². The zero-order chi connectivity index (χ0) is 40.6. The average molecular weight is 896 g/mol. The number of epoxide rings is 3. The molecule has 0 aromatic rings. The molecule has 12 atom stereocenters. The Morgan fingerprint density at radius 1 is 0.404 bits per heavy atom. The summed E-state index contributed by atoms with van der Waals surface area (Å²) in [4.78, 5) is 0. The minimum atomic E-state index is -1.75. The number of hydrogen-bond donors (Lipinski definition) is 0. The third kappa shape index (κ3) is 14.8. The summed E-state index contributed by atoms with van der Waals surface area (Å²) in [7, 11) is -8.98. The molecule has 12 unspecified atom stereocenters. The number of fused-ring (bicyclic) bond motifs is 3. The Hall–Kier alpha value is 1.06. The SMILES string of the molecule is C[Si](C)(CC1CC(CC[Si](C)(C)O[Si](C)(C)CCC2CCC3OC3C2)CCC1CC[Si](C)(C)O[Si](C)(C)CCC1CCC2OC2C1)O[SiH2]CCC1CCC2OC2C1. The van der Waals surface area contributed by atoms with Crippen LogP contribution in [0, 0.1) is 35.5 Å². The van der Waals surface area contributed by atoms with Crippen LogP contribution in [0.5, 0.6) is 0 Å². The lowest BCUT2D eigenvalue weighted by Crippen LogP contribution is -2.45. The van der Waals surface area contributed by atoms with Crippen LogP contribution in [0.3, 0.4) is 0 Å². The maximum absolute atomic E-state index is 7.32. The highest BCUT2D eigenvalue weighted by molar-refractivity contribution is 6.85. The van der Waals surface area contributed by atoms with E-state index in [1.807, 2.05) is 0 Å². The molecule has 3 heterocycles. The Labute approximate surface area is 359 Å². The van der Waals surface area contributed by atoms with E-state index in [1.165, 1.54) is 145 Å². The van der Waals surface area contributed by atoms with Gasteiger partial charge in [0.15, 0.2) is 41.6 Å². The molecule has 330 valence electrons. The molecule has 12 heteroatoms. The van der Waals surface area contributed by atoms with Gasteiger partial charge in [-0.15, -0.1) is 0 Å². The van der Waals surface area contributed by atoms with Crippen molar-refractivity contribution in [3.8, 4) is 0 Å². The van der Waals surface area contributed by atoms with Gasteiger partial charge in [-0.25, -0.2) is 0 Å². The highest BCUT2D eigenvalue weighted by Crippen LogP contribution is 2.47. The van der Waals surface area contributed by atoms with Crippen LogP contribution in [0.25, 0.3) is 0 Å². The summed E-state index contributed by atoms with van der Waals surface area (Å²) in [6.07, 6.45) is 26.9. The van der Waals surface area contributed by atoms with Crippen molar-refractivity contribution < 1.29 is 26.6 Å². The van der Waals surface area contributed by atoms with Crippen LogP contribution in [0.1, 0.15) is 109 Å². The van der Waals surface area contributed by atoms with Crippen molar-refractivity contribution >= 4 is 51.4 Å². The topological polar surface area (TPSA) is 65.3 Å². The van der Waals surface area contributed by atoms with E-state index in [2.05, 4.69) is 65.5 Å². The van der Waals surface area contributed by atoms with Gasteiger partial charge in [0.2, 0.25) is 0 Å². The van der Waals surface area contributed by atoms with E-state index >= 15 is 0 Å². The Morgan fingerprint density at radius 3 is 1.23 bits per heavy atom. The predicted octanol–water partition coefficient (Wildman–Crippen LogP) is 12.2. The second kappa shape index (κ2) is 19.0. The maximum atomic E-state index is 7.32. The molecule has 0 aromatic carbocycles. The summed E-state index contributed by atoms with van der Waals surface area (Å²) < 4.78 is 39.2. The van der Waals surface area contributed by atoms with Crippen LogP contribution >= 0.6 is 0 Å². The molecule has 0 spiro atoms. The van der Waals surface area contributed by atoms with Gasteiger partial charge in [0.25, 0.3) is 0 Å². The second-order valence-electron chi connectivity index (χ2n) is 24.2. The van der Waals surface area contributed by atoms with E-state index in [9.17, 15) is 0 Å². The lowest BCUT2D eigenvalue weighted by atomic mass is 9.73. The van der Waals surface area contributed by atoms with Crippen LogP contribution < -0.4 is 0 Å². The first-order valence-corrected chi connectivity index (χ1v) is 42.0. The molecule has 6 nitrogen and oxygen atoms in total. The van der Waals surface area contributed by atoms with E-state index in [-0.39, 0.29) is 0 Å². The van der Waals surface area contributed by atoms with Crippen LogP contribution in [-0.4, -0.2) is 88.0 Å². The molecule has 3 saturated heterocycles. The Balaban J connectivity index is 0.888. The van der Waals surface area contributed by atoms with Gasteiger partial charge in [0.05, 0.1) is 36.6 Å². The first-order valence-electron chi connectivity index (χ1n) is 24.8. The fourth-order valence-electron chi connectivity index (χ4n) is 12.9. The Morgan fingerprint density at radius 2 is 0.789 bits per heavy atom. The fraction of sp³-hybridized carbons (Fsp3) is 1.00. The molecular weight excluding hydrogens is 805 g/mol. The van der Waals surface area contributed by atoms with E-state index in [4.69, 9.17) is 26.6 Å². The first-order chi connectivity index (χ1) is 26.8. The largest absolute Gasteiger partial charge is 0.460 e. The second-order valence-corrected chi connectivity index (χ2v) is 48.1. The van der Waals surface area contributed by atoms with Gasteiger partial charge >= 0.3 is 0 Å². The predicted molar refractivity (Wildman–Crippen MR) is 253 cm³/mol. The standard InChI is InChI=1S/C45H90O6Si6/c1-53(2,50-54(3,4)26-21-36-13-17-41-44(31-36)47-41)25-20-35-11-15-38(23-28-56(7,8)51-55(5,6)27-22-37-14-18-42-45(32-37)48-42)39(29-35)33-57(9,10)49-52-24-19-34-12-16-40-43(30-34)46-40/h34-45H,11-33,52H2,1-10H3. The molecule has 0 bridgehead atoms. The van der Waals surface area contributed by atoms with Crippen LogP contribution in [-0.2, 0) is 26.6 Å². The monoisotopic (exact) mass is 895 g/mol. The molecule has 4 saturated carbocycles. The zero-order valence-electron chi connectivity index (χ0n) is 38.8. The molecule has 7 rings (SSSR count). The van der Waals surface area contributed by atoms with Crippen LogP contribution in [0.2, 0.25) is 102 Å². The lowest BCUT2D eigenvalue weighted by molar-refractivity contribution is 0.180. The molecule has 0 N–H and O–H groups in total. The zero-order valence-corrected chi connectivity index (χ0v) is 45.3. The smallest absolute Gasteiger partial charge is 0.173 e. The van der Waals surface area contributed by atoms with Gasteiger partial charge in [-0.1, -0.05) is 38.5 Å². The van der Waals surface area contributed by atoms with Crippen LogP contribution in [0.15, 0.2) is 0 Å². The third-order valence-electron chi connectivity index (χ3n) is 16.3. The van der Waals surface area contributed by atoms with Crippen molar-refractivity contribution in [2.24, 2.45) is 35.5 Å². The van der Waals surface area contributed by atoms with Gasteiger partial charge in [0, 0.05) is 0 Å². The molecule has 4 aliphatic carbocycles. The van der Waals surface area contributed by atoms with Gasteiger partial charge in [-0.05, 0) is 208 Å². The highest BCUT2D eigenvalue weighted by Gasteiger charge is 2.47. The summed E-state index contributed by atoms with van der Waals surface area (Å²) in [5.41, 5.74) is 0. The van der Waals surface area contributed by atoms with Crippen molar-refractivity contribution in [1.29, 1.82) is 0 Å². The first kappa shape index (κ1) is 46.1. The molecular formula is C45H90O6Si6. The summed E-state index contributed by atoms with van der Waals surface area (Å²) in [6.45, 7) is 25.5. The summed E-state index contributed by atoms with van der Waals surface area (Å²) in [5, 5.41) is 0. The average Bonchev–Trinajstić information content (AvgIpc) is 4.01. The summed E-state index contributed by atoms with van der Waals surface area (Å²) in [5.74, 6) is 5.19. The van der Waals surface area contributed by atoms with Gasteiger partial charge < -0.3 is 26.6 Å².